The maximum absolute atomic E-state index is 12.7. The lowest BCUT2D eigenvalue weighted by molar-refractivity contribution is -0.158. The van der Waals surface area contributed by atoms with Crippen molar-refractivity contribution in [1.82, 2.24) is 0 Å². The molecule has 2 aromatic rings. The number of hydrogen-bond donors (Lipinski definition) is 1. The molecule has 2 rings (SSSR count). The molecule has 0 fully saturated rings. The van der Waals surface area contributed by atoms with Crippen molar-refractivity contribution in [2.24, 2.45) is 5.92 Å². The fourth-order valence-electron chi connectivity index (χ4n) is 2.60. The van der Waals surface area contributed by atoms with Gasteiger partial charge in [-0.05, 0) is 49.6 Å². The molecule has 0 radical (unpaired) electrons. The number of anilines is 1. The van der Waals surface area contributed by atoms with E-state index in [4.69, 9.17) is 9.47 Å². The fourth-order valence-corrected chi connectivity index (χ4v) is 3.25. The molecule has 30 heavy (non-hydrogen) atoms. The molecule has 0 unspecified atom stereocenters. The largest absolute Gasteiger partial charge is 0.465 e. The number of rotatable bonds is 10. The summed E-state index contributed by atoms with van der Waals surface area (Å²) in [5.41, 5.74) is 1.05. The second-order valence-corrected chi connectivity index (χ2v) is 7.20. The van der Waals surface area contributed by atoms with Crippen LogP contribution in [0.4, 0.5) is 5.69 Å². The Hall–Kier alpha value is -3.11. The third-order valence-electron chi connectivity index (χ3n) is 4.02. The molecule has 0 atom stereocenters. The van der Waals surface area contributed by atoms with Crippen LogP contribution < -0.4 is 5.32 Å². The van der Waals surface area contributed by atoms with Crippen molar-refractivity contribution in [1.29, 1.82) is 0 Å². The van der Waals surface area contributed by atoms with E-state index in [1.807, 2.05) is 11.4 Å². The van der Waals surface area contributed by atoms with Gasteiger partial charge in [0.2, 0.25) is 5.92 Å². The van der Waals surface area contributed by atoms with E-state index in [9.17, 15) is 14.4 Å². The Balaban J connectivity index is 1.91. The maximum atomic E-state index is 12.7. The topological polar surface area (TPSA) is 81.7 Å². The van der Waals surface area contributed by atoms with Crippen molar-refractivity contribution in [2.45, 2.75) is 26.7 Å². The zero-order chi connectivity index (χ0) is 21.8. The first-order valence-electron chi connectivity index (χ1n) is 9.76. The lowest BCUT2D eigenvalue weighted by atomic mass is 9.97. The van der Waals surface area contributed by atoms with Crippen LogP contribution in [0, 0.1) is 17.8 Å². The normalized spacial score (nSPS) is 10.1. The van der Waals surface area contributed by atoms with E-state index in [-0.39, 0.29) is 18.8 Å². The molecule has 1 N–H and O–H groups in total. The van der Waals surface area contributed by atoms with E-state index in [0.29, 0.717) is 13.0 Å². The predicted molar refractivity (Wildman–Crippen MR) is 116 cm³/mol. The second-order valence-electron chi connectivity index (χ2n) is 6.17. The molecular weight excluding hydrogens is 402 g/mol. The van der Waals surface area contributed by atoms with Crippen LogP contribution in [0.3, 0.4) is 0 Å². The summed E-state index contributed by atoms with van der Waals surface area (Å²) in [4.78, 5) is 38.1. The van der Waals surface area contributed by atoms with Crippen LogP contribution in [-0.4, -0.2) is 37.5 Å². The summed E-state index contributed by atoms with van der Waals surface area (Å²) in [5, 5.41) is 5.26. The summed E-state index contributed by atoms with van der Waals surface area (Å²) in [7, 11) is 0. The highest BCUT2D eigenvalue weighted by atomic mass is 32.1. The summed E-state index contributed by atoms with van der Waals surface area (Å²) in [6, 6.07) is 10.7. The molecule has 0 saturated heterocycles. The van der Waals surface area contributed by atoms with Gasteiger partial charge in [0.1, 0.15) is 0 Å². The molecule has 1 heterocycles. The van der Waals surface area contributed by atoms with Crippen molar-refractivity contribution in [3.05, 3.63) is 52.2 Å². The molecule has 7 heteroatoms. The van der Waals surface area contributed by atoms with Gasteiger partial charge in [0.05, 0.1) is 13.2 Å². The summed E-state index contributed by atoms with van der Waals surface area (Å²) >= 11 is 1.69. The van der Waals surface area contributed by atoms with Gasteiger partial charge in [-0.15, -0.1) is 17.3 Å². The highest BCUT2D eigenvalue weighted by molar-refractivity contribution is 7.09. The third kappa shape index (κ3) is 7.05. The van der Waals surface area contributed by atoms with Crippen molar-refractivity contribution in [2.75, 3.05) is 25.1 Å². The van der Waals surface area contributed by atoms with E-state index >= 15 is 0 Å². The van der Waals surface area contributed by atoms with Crippen LogP contribution in [0.1, 0.15) is 35.5 Å². The number of carbonyl (C=O) groups excluding carboxylic acids is 3. The van der Waals surface area contributed by atoms with Crippen LogP contribution in [0.5, 0.6) is 0 Å². The Morgan fingerprint density at radius 3 is 2.23 bits per heavy atom. The van der Waals surface area contributed by atoms with E-state index in [1.54, 1.807) is 49.4 Å². The quantitative estimate of drug-likeness (QED) is 0.205. The minimum atomic E-state index is -1.61. The molecule has 1 aromatic heterocycles. The van der Waals surface area contributed by atoms with Crippen LogP contribution in [0.2, 0.25) is 0 Å². The van der Waals surface area contributed by atoms with Gasteiger partial charge < -0.3 is 14.8 Å². The molecular formula is C23H25NO5S. The van der Waals surface area contributed by atoms with E-state index < -0.39 is 23.6 Å². The minimum absolute atomic E-state index is 0.0705. The zero-order valence-corrected chi connectivity index (χ0v) is 17.9. The number of Topliss-reactive ketones (excluding diaryl/α,β-unsaturated/α-hetero) is 1. The maximum Gasteiger partial charge on any atom is 0.328 e. The average molecular weight is 428 g/mol. The Morgan fingerprint density at radius 1 is 1.00 bits per heavy atom. The average Bonchev–Trinajstić information content (AvgIpc) is 3.25. The van der Waals surface area contributed by atoms with Crippen molar-refractivity contribution in [3.8, 4) is 11.8 Å². The van der Waals surface area contributed by atoms with Gasteiger partial charge >= 0.3 is 11.9 Å². The first-order valence-corrected chi connectivity index (χ1v) is 10.6. The van der Waals surface area contributed by atoms with Gasteiger partial charge in [-0.3, -0.25) is 14.4 Å². The highest BCUT2D eigenvalue weighted by Gasteiger charge is 2.37. The van der Waals surface area contributed by atoms with E-state index in [2.05, 4.69) is 23.2 Å². The molecule has 0 aliphatic rings. The number of esters is 2. The van der Waals surface area contributed by atoms with Crippen molar-refractivity contribution in [3.63, 3.8) is 0 Å². The van der Waals surface area contributed by atoms with Crippen LogP contribution in [0.15, 0.2) is 41.8 Å². The zero-order valence-electron chi connectivity index (χ0n) is 17.1. The molecule has 6 nitrogen and oxygen atoms in total. The molecule has 0 amide bonds. The number of hydrogen-bond acceptors (Lipinski definition) is 7. The molecule has 0 bridgehead atoms. The first-order chi connectivity index (χ1) is 14.6. The number of ketones is 1. The number of nitrogens with one attached hydrogen (secondary N) is 1. The molecule has 1 aromatic carbocycles. The first kappa shape index (κ1) is 23.2. The smallest absolute Gasteiger partial charge is 0.328 e. The van der Waals surface area contributed by atoms with E-state index in [0.717, 1.165) is 12.1 Å². The SMILES string of the molecule is CCOC(=O)C(C(=O)OCC)C(=O)c1ccc(NCCC#CCc2cccs2)cc1. The van der Waals surface area contributed by atoms with Gasteiger partial charge in [0.25, 0.3) is 0 Å². The molecule has 0 spiro atoms. The molecule has 0 aliphatic carbocycles. The van der Waals surface area contributed by atoms with Gasteiger partial charge in [-0.25, -0.2) is 0 Å². The molecule has 0 saturated carbocycles. The predicted octanol–water partition coefficient (Wildman–Crippen LogP) is 3.72. The summed E-state index contributed by atoms with van der Waals surface area (Å²) in [5.74, 6) is 2.22. The lowest BCUT2D eigenvalue weighted by Gasteiger charge is -2.14. The molecule has 158 valence electrons. The summed E-state index contributed by atoms with van der Waals surface area (Å²) in [6.07, 6.45) is 1.45. The van der Waals surface area contributed by atoms with E-state index in [1.165, 1.54) is 4.88 Å². The number of carbonyl (C=O) groups is 3. The number of ether oxygens (including phenoxy) is 2. The van der Waals surface area contributed by atoms with Crippen molar-refractivity contribution < 1.29 is 23.9 Å². The minimum Gasteiger partial charge on any atom is -0.465 e. The Kier molecular flexibility index (Phi) is 9.62. The Bertz CT molecular complexity index is 876. The van der Waals surface area contributed by atoms with Gasteiger partial charge in [0.15, 0.2) is 5.78 Å². The Labute approximate surface area is 180 Å². The lowest BCUT2D eigenvalue weighted by Crippen LogP contribution is -2.35. The van der Waals surface area contributed by atoms with Crippen LogP contribution in [-0.2, 0) is 25.5 Å². The molecule has 0 aliphatic heterocycles. The number of thiophene rings is 1. The summed E-state index contributed by atoms with van der Waals surface area (Å²) in [6.45, 7) is 4.02. The standard InChI is InChI=1S/C23H25NO5S/c1-3-28-22(26)20(23(27)29-4-2)21(25)17-11-13-18(14-12-17)24-15-7-5-6-9-19-10-8-16-30-19/h8,10-14,16,20,24H,3-4,7,9,15H2,1-2H3. The highest BCUT2D eigenvalue weighted by Crippen LogP contribution is 2.16. The summed E-state index contributed by atoms with van der Waals surface area (Å²) < 4.78 is 9.72. The monoisotopic (exact) mass is 427 g/mol. The number of benzene rings is 1. The fraction of sp³-hybridized carbons (Fsp3) is 0.348. The van der Waals surface area contributed by atoms with Crippen molar-refractivity contribution >= 4 is 34.7 Å². The third-order valence-corrected chi connectivity index (χ3v) is 4.90. The van der Waals surface area contributed by atoms with Crippen LogP contribution >= 0.6 is 11.3 Å². The second kappa shape index (κ2) is 12.5. The van der Waals surface area contributed by atoms with Gasteiger partial charge in [-0.2, -0.15) is 0 Å². The Morgan fingerprint density at radius 2 is 1.67 bits per heavy atom. The van der Waals surface area contributed by atoms with Crippen LogP contribution in [0.25, 0.3) is 0 Å². The van der Waals surface area contributed by atoms with Gasteiger partial charge in [-0.1, -0.05) is 12.0 Å². The van der Waals surface area contributed by atoms with Gasteiger partial charge in [0, 0.05) is 35.5 Å².